The van der Waals surface area contributed by atoms with Crippen LogP contribution in [0.15, 0.2) is 11.6 Å². The Labute approximate surface area is 112 Å². The molecule has 18 heavy (non-hydrogen) atoms. The topological polar surface area (TPSA) is 20.2 Å². The van der Waals surface area contributed by atoms with Crippen LogP contribution in [0.1, 0.15) is 64.7 Å². The molecule has 0 aromatic rings. The molecule has 0 radical (unpaired) electrons. The average molecular weight is 248 g/mol. The van der Waals surface area contributed by atoms with Crippen LogP contribution in [0.2, 0.25) is 0 Å². The van der Waals surface area contributed by atoms with Gasteiger partial charge in [0.1, 0.15) is 0 Å². The van der Waals surface area contributed by atoms with Crippen LogP contribution >= 0.6 is 0 Å². The molecule has 2 saturated carbocycles. The molecule has 0 amide bonds. The van der Waals surface area contributed by atoms with E-state index in [4.69, 9.17) is 0 Å². The molecule has 1 N–H and O–H groups in total. The Bertz CT molecular complexity index is 312. The lowest BCUT2D eigenvalue weighted by molar-refractivity contribution is 0.139. The van der Waals surface area contributed by atoms with Gasteiger partial charge in [-0.05, 0) is 68.6 Å². The lowest BCUT2D eigenvalue weighted by Gasteiger charge is -2.40. The minimum atomic E-state index is -0.136. The van der Waals surface area contributed by atoms with E-state index in [0.717, 1.165) is 30.1 Å². The van der Waals surface area contributed by atoms with Gasteiger partial charge in [0, 0.05) is 0 Å². The summed E-state index contributed by atoms with van der Waals surface area (Å²) in [6, 6.07) is 0. The second-order valence-corrected chi connectivity index (χ2v) is 7.14. The highest BCUT2D eigenvalue weighted by molar-refractivity contribution is 5.15. The van der Waals surface area contributed by atoms with Crippen molar-refractivity contribution in [2.45, 2.75) is 70.8 Å². The van der Waals surface area contributed by atoms with Gasteiger partial charge in [-0.3, -0.25) is 0 Å². The minimum absolute atomic E-state index is 0.136. The molecule has 1 heteroatoms. The molecule has 0 aliphatic heterocycles. The lowest BCUT2D eigenvalue weighted by atomic mass is 9.65. The molecule has 1 nitrogen and oxygen atoms in total. The molecule has 0 bridgehead atoms. The predicted octanol–water partition coefficient (Wildman–Crippen LogP) is 4.31. The van der Waals surface area contributed by atoms with Crippen LogP contribution in [-0.2, 0) is 0 Å². The van der Waals surface area contributed by atoms with E-state index in [2.05, 4.69) is 13.0 Å². The minimum Gasteiger partial charge on any atom is -0.389 e. The van der Waals surface area contributed by atoms with Crippen molar-refractivity contribution in [2.24, 2.45) is 23.7 Å². The van der Waals surface area contributed by atoms with Gasteiger partial charge in [0.15, 0.2) is 0 Å². The highest BCUT2D eigenvalue weighted by Gasteiger charge is 2.34. The largest absolute Gasteiger partial charge is 0.389 e. The first-order chi connectivity index (χ1) is 8.72. The fourth-order valence-electron chi connectivity index (χ4n) is 4.60. The Kier molecular flexibility index (Phi) is 3.79. The summed E-state index contributed by atoms with van der Waals surface area (Å²) < 4.78 is 0. The van der Waals surface area contributed by atoms with Crippen molar-refractivity contribution in [1.29, 1.82) is 0 Å². The maximum absolute atomic E-state index is 9.72. The lowest BCUT2D eigenvalue weighted by Crippen LogP contribution is -2.29. The number of fused-ring (bicyclic) bond motifs is 1. The summed E-state index contributed by atoms with van der Waals surface area (Å²) in [5, 5.41) is 9.72. The van der Waals surface area contributed by atoms with Gasteiger partial charge in [-0.2, -0.15) is 0 Å². The maximum atomic E-state index is 9.72. The van der Waals surface area contributed by atoms with Crippen LogP contribution in [0.3, 0.4) is 0 Å². The van der Waals surface area contributed by atoms with Crippen LogP contribution in [-0.4, -0.2) is 11.2 Å². The van der Waals surface area contributed by atoms with Crippen molar-refractivity contribution < 1.29 is 5.11 Å². The summed E-state index contributed by atoms with van der Waals surface area (Å²) >= 11 is 0. The van der Waals surface area contributed by atoms with Gasteiger partial charge in [0.2, 0.25) is 0 Å². The van der Waals surface area contributed by atoms with Crippen LogP contribution in [0.4, 0.5) is 0 Å². The molecule has 3 atom stereocenters. The van der Waals surface area contributed by atoms with E-state index in [1.807, 2.05) is 0 Å². The number of rotatable bonds is 1. The fraction of sp³-hybridized carbons (Fsp3) is 0.882. The molecular weight excluding hydrogens is 220 g/mol. The summed E-state index contributed by atoms with van der Waals surface area (Å²) in [5.41, 5.74) is 1.59. The molecule has 3 rings (SSSR count). The number of aliphatic hydroxyl groups is 1. The first-order valence-electron chi connectivity index (χ1n) is 8.11. The summed E-state index contributed by atoms with van der Waals surface area (Å²) in [7, 11) is 0. The second-order valence-electron chi connectivity index (χ2n) is 7.14. The van der Waals surface area contributed by atoms with Gasteiger partial charge in [-0.15, -0.1) is 0 Å². The highest BCUT2D eigenvalue weighted by Crippen LogP contribution is 2.45. The maximum Gasteiger partial charge on any atom is 0.0723 e. The van der Waals surface area contributed by atoms with Gasteiger partial charge in [-0.25, -0.2) is 0 Å². The first-order valence-corrected chi connectivity index (χ1v) is 8.11. The Morgan fingerprint density at radius 1 is 0.944 bits per heavy atom. The van der Waals surface area contributed by atoms with E-state index in [-0.39, 0.29) is 6.10 Å². The molecule has 3 aliphatic carbocycles. The molecule has 3 unspecified atom stereocenters. The number of hydrogen-bond acceptors (Lipinski definition) is 1. The molecule has 0 heterocycles. The SMILES string of the molecule is CC1CCC(C2CCC3=CC(O)CCC3C2)CC1. The van der Waals surface area contributed by atoms with Crippen LogP contribution in [0, 0.1) is 23.7 Å². The normalized spacial score (nSPS) is 45.2. The van der Waals surface area contributed by atoms with E-state index in [1.54, 1.807) is 5.57 Å². The van der Waals surface area contributed by atoms with Crippen molar-refractivity contribution in [2.75, 3.05) is 0 Å². The molecule has 2 fully saturated rings. The molecule has 0 spiro atoms. The number of allylic oxidation sites excluding steroid dienone is 1. The number of aliphatic hydroxyl groups excluding tert-OH is 1. The zero-order chi connectivity index (χ0) is 12.5. The molecular formula is C17H28O. The quantitative estimate of drug-likeness (QED) is 0.686. The Hall–Kier alpha value is -0.300. The fourth-order valence-corrected chi connectivity index (χ4v) is 4.60. The van der Waals surface area contributed by atoms with Crippen molar-refractivity contribution in [3.05, 3.63) is 11.6 Å². The molecule has 0 aromatic carbocycles. The average Bonchev–Trinajstić information content (AvgIpc) is 2.39. The third-order valence-electron chi connectivity index (χ3n) is 5.86. The highest BCUT2D eigenvalue weighted by atomic mass is 16.3. The monoisotopic (exact) mass is 248 g/mol. The third-order valence-corrected chi connectivity index (χ3v) is 5.86. The first kappa shape index (κ1) is 12.7. The molecule has 0 saturated heterocycles. The van der Waals surface area contributed by atoms with Gasteiger partial charge in [0.25, 0.3) is 0 Å². The van der Waals surface area contributed by atoms with Gasteiger partial charge in [-0.1, -0.05) is 31.4 Å². The van der Waals surface area contributed by atoms with E-state index < -0.39 is 0 Å². The van der Waals surface area contributed by atoms with Crippen molar-refractivity contribution in [1.82, 2.24) is 0 Å². The van der Waals surface area contributed by atoms with E-state index in [0.29, 0.717) is 0 Å². The summed E-state index contributed by atoms with van der Waals surface area (Å²) in [6.45, 7) is 2.42. The number of hydrogen-bond donors (Lipinski definition) is 1. The Balaban J connectivity index is 1.59. The van der Waals surface area contributed by atoms with E-state index in [9.17, 15) is 5.11 Å². The van der Waals surface area contributed by atoms with Crippen LogP contribution in [0.5, 0.6) is 0 Å². The summed E-state index contributed by atoms with van der Waals surface area (Å²) in [4.78, 5) is 0. The molecule has 3 aliphatic rings. The zero-order valence-corrected chi connectivity index (χ0v) is 11.8. The Morgan fingerprint density at radius 3 is 2.50 bits per heavy atom. The van der Waals surface area contributed by atoms with Crippen LogP contribution < -0.4 is 0 Å². The smallest absolute Gasteiger partial charge is 0.0723 e. The summed E-state index contributed by atoms with van der Waals surface area (Å²) in [6.07, 6.45) is 14.3. The van der Waals surface area contributed by atoms with Gasteiger partial charge < -0.3 is 5.11 Å². The third kappa shape index (κ3) is 2.66. The van der Waals surface area contributed by atoms with Crippen molar-refractivity contribution >= 4 is 0 Å². The van der Waals surface area contributed by atoms with Crippen molar-refractivity contribution in [3.8, 4) is 0 Å². The second kappa shape index (κ2) is 5.36. The summed E-state index contributed by atoms with van der Waals surface area (Å²) in [5.74, 6) is 3.82. The van der Waals surface area contributed by atoms with Crippen LogP contribution in [0.25, 0.3) is 0 Å². The van der Waals surface area contributed by atoms with Gasteiger partial charge >= 0.3 is 0 Å². The Morgan fingerprint density at radius 2 is 1.72 bits per heavy atom. The van der Waals surface area contributed by atoms with E-state index >= 15 is 0 Å². The molecule has 102 valence electrons. The standard InChI is InChI=1S/C17H28O/c1-12-2-4-13(5-3-12)14-6-7-16-11-17(18)9-8-15(16)10-14/h11-15,17-18H,2-10H2,1H3. The predicted molar refractivity (Wildman–Crippen MR) is 75.3 cm³/mol. The van der Waals surface area contributed by atoms with Gasteiger partial charge in [0.05, 0.1) is 6.10 Å². The zero-order valence-electron chi connectivity index (χ0n) is 11.8. The molecule has 0 aromatic heterocycles. The van der Waals surface area contributed by atoms with E-state index in [1.165, 1.54) is 51.4 Å². The van der Waals surface area contributed by atoms with Crippen molar-refractivity contribution in [3.63, 3.8) is 0 Å².